The summed E-state index contributed by atoms with van der Waals surface area (Å²) in [6.07, 6.45) is 16.2. The van der Waals surface area contributed by atoms with Crippen LogP contribution >= 0.6 is 0 Å². The molecule has 3 saturated carbocycles. The Hall–Kier alpha value is -0.850. The standard InChI is InChI=1S/C22H32O/c1-4-20(23)19-11-10-17-16-9-8-15-7-5-6-13-21(15,2)18(16)12-14-22(17,19)3/h4,11,15-18H,1,5-10,12-14H2,2-3H3/t15?,16-,17-,18-,21-,22-/m0/s1. The highest BCUT2D eigenvalue weighted by molar-refractivity contribution is 6.05. The molecule has 3 fully saturated rings. The molecule has 0 bridgehead atoms. The van der Waals surface area contributed by atoms with Crippen molar-refractivity contribution in [1.29, 1.82) is 0 Å². The summed E-state index contributed by atoms with van der Waals surface area (Å²) in [7, 11) is 0. The van der Waals surface area contributed by atoms with Gasteiger partial charge in [-0.3, -0.25) is 4.79 Å². The lowest BCUT2D eigenvalue weighted by Gasteiger charge is -2.60. The van der Waals surface area contributed by atoms with Crippen molar-refractivity contribution in [3.63, 3.8) is 0 Å². The van der Waals surface area contributed by atoms with Gasteiger partial charge in [-0.2, -0.15) is 0 Å². The van der Waals surface area contributed by atoms with Crippen molar-refractivity contribution in [2.45, 2.75) is 71.6 Å². The first kappa shape index (κ1) is 15.7. The summed E-state index contributed by atoms with van der Waals surface area (Å²) in [5, 5.41) is 0. The molecule has 1 unspecified atom stereocenters. The molecule has 0 aromatic heterocycles. The highest BCUT2D eigenvalue weighted by Crippen LogP contribution is 2.66. The van der Waals surface area contributed by atoms with E-state index in [2.05, 4.69) is 26.5 Å². The second-order valence-electron chi connectivity index (χ2n) is 9.28. The van der Waals surface area contributed by atoms with Crippen molar-refractivity contribution < 1.29 is 4.79 Å². The van der Waals surface area contributed by atoms with Crippen molar-refractivity contribution in [3.8, 4) is 0 Å². The summed E-state index contributed by atoms with van der Waals surface area (Å²) in [5.74, 6) is 3.63. The summed E-state index contributed by atoms with van der Waals surface area (Å²) < 4.78 is 0. The second kappa shape index (κ2) is 5.33. The van der Waals surface area contributed by atoms with Crippen LogP contribution in [0.2, 0.25) is 0 Å². The lowest BCUT2D eigenvalue weighted by atomic mass is 9.45. The van der Waals surface area contributed by atoms with Gasteiger partial charge in [-0.1, -0.05) is 39.3 Å². The molecule has 0 aliphatic heterocycles. The zero-order valence-electron chi connectivity index (χ0n) is 14.9. The fourth-order valence-corrected chi connectivity index (χ4v) is 7.35. The van der Waals surface area contributed by atoms with Gasteiger partial charge in [-0.25, -0.2) is 0 Å². The van der Waals surface area contributed by atoms with Crippen molar-refractivity contribution in [1.82, 2.24) is 0 Å². The molecule has 1 heteroatoms. The van der Waals surface area contributed by atoms with Gasteiger partial charge in [-0.15, -0.1) is 0 Å². The van der Waals surface area contributed by atoms with Crippen molar-refractivity contribution in [2.75, 3.05) is 0 Å². The average molecular weight is 312 g/mol. The normalized spacial score (nSPS) is 48.7. The smallest absolute Gasteiger partial charge is 0.181 e. The Bertz CT molecular complexity index is 558. The van der Waals surface area contributed by atoms with Gasteiger partial charge in [0.1, 0.15) is 0 Å². The topological polar surface area (TPSA) is 17.1 Å². The number of carbonyl (C=O) groups is 1. The van der Waals surface area contributed by atoms with E-state index in [1.807, 2.05) is 0 Å². The van der Waals surface area contributed by atoms with E-state index in [9.17, 15) is 4.79 Å². The Kier molecular flexibility index (Phi) is 3.63. The van der Waals surface area contributed by atoms with Crippen molar-refractivity contribution in [2.24, 2.45) is 34.5 Å². The van der Waals surface area contributed by atoms with Crippen LogP contribution in [0, 0.1) is 34.5 Å². The molecule has 0 radical (unpaired) electrons. The zero-order valence-corrected chi connectivity index (χ0v) is 14.9. The van der Waals surface area contributed by atoms with E-state index in [1.54, 1.807) is 0 Å². The average Bonchev–Trinajstić information content (AvgIpc) is 2.91. The summed E-state index contributed by atoms with van der Waals surface area (Å²) in [6, 6.07) is 0. The molecule has 0 aromatic rings. The molecule has 126 valence electrons. The maximum Gasteiger partial charge on any atom is 0.181 e. The Balaban J connectivity index is 1.63. The first-order valence-corrected chi connectivity index (χ1v) is 9.88. The lowest BCUT2D eigenvalue weighted by Crippen LogP contribution is -2.52. The van der Waals surface area contributed by atoms with Crippen LogP contribution in [0.1, 0.15) is 71.6 Å². The molecule has 0 amide bonds. The molecular weight excluding hydrogens is 280 g/mol. The molecule has 4 aliphatic rings. The molecule has 23 heavy (non-hydrogen) atoms. The highest BCUT2D eigenvalue weighted by atomic mass is 16.1. The Morgan fingerprint density at radius 1 is 1.13 bits per heavy atom. The van der Waals surface area contributed by atoms with Crippen LogP contribution in [0.5, 0.6) is 0 Å². The van der Waals surface area contributed by atoms with Crippen molar-refractivity contribution in [3.05, 3.63) is 24.3 Å². The number of hydrogen-bond acceptors (Lipinski definition) is 1. The number of ketones is 1. The van der Waals surface area contributed by atoms with Gasteiger partial charge in [0.2, 0.25) is 0 Å². The van der Waals surface area contributed by atoms with E-state index in [4.69, 9.17) is 0 Å². The van der Waals surface area contributed by atoms with Gasteiger partial charge in [-0.05, 0) is 85.5 Å². The minimum Gasteiger partial charge on any atom is -0.290 e. The fourth-order valence-electron chi connectivity index (χ4n) is 7.35. The zero-order chi connectivity index (χ0) is 16.2. The minimum absolute atomic E-state index is 0.129. The molecule has 0 saturated heterocycles. The maximum atomic E-state index is 12.3. The number of carbonyl (C=O) groups excluding carboxylic acids is 1. The predicted octanol–water partition coefficient (Wildman–Crippen LogP) is 5.71. The third kappa shape index (κ3) is 2.07. The minimum atomic E-state index is 0.129. The number of allylic oxidation sites excluding steroid dienone is 3. The third-order valence-corrected chi connectivity index (χ3v) is 8.61. The second-order valence-corrected chi connectivity index (χ2v) is 9.28. The van der Waals surface area contributed by atoms with Crippen LogP contribution in [-0.4, -0.2) is 5.78 Å². The molecule has 1 nitrogen and oxygen atoms in total. The summed E-state index contributed by atoms with van der Waals surface area (Å²) in [6.45, 7) is 8.73. The monoisotopic (exact) mass is 312 g/mol. The van der Waals surface area contributed by atoms with E-state index in [1.165, 1.54) is 57.4 Å². The van der Waals surface area contributed by atoms with E-state index >= 15 is 0 Å². The third-order valence-electron chi connectivity index (χ3n) is 8.61. The summed E-state index contributed by atoms with van der Waals surface area (Å²) >= 11 is 0. The van der Waals surface area contributed by atoms with E-state index in [-0.39, 0.29) is 11.2 Å². The molecule has 0 aromatic carbocycles. The van der Waals surface area contributed by atoms with Crippen LogP contribution in [0.4, 0.5) is 0 Å². The van der Waals surface area contributed by atoms with Gasteiger partial charge in [0.15, 0.2) is 5.78 Å². The van der Waals surface area contributed by atoms with Crippen LogP contribution in [-0.2, 0) is 4.79 Å². The predicted molar refractivity (Wildman–Crippen MR) is 95.0 cm³/mol. The Labute approximate surface area is 141 Å². The molecule has 4 rings (SSSR count). The maximum absolute atomic E-state index is 12.3. The van der Waals surface area contributed by atoms with Crippen LogP contribution in [0.15, 0.2) is 24.3 Å². The van der Waals surface area contributed by atoms with Crippen LogP contribution in [0.3, 0.4) is 0 Å². The highest BCUT2D eigenvalue weighted by Gasteiger charge is 2.58. The Morgan fingerprint density at radius 3 is 2.74 bits per heavy atom. The number of rotatable bonds is 2. The van der Waals surface area contributed by atoms with Gasteiger partial charge < -0.3 is 0 Å². The van der Waals surface area contributed by atoms with E-state index in [0.29, 0.717) is 11.3 Å². The van der Waals surface area contributed by atoms with Gasteiger partial charge in [0, 0.05) is 5.57 Å². The fraction of sp³-hybridized carbons (Fsp3) is 0.773. The van der Waals surface area contributed by atoms with Crippen LogP contribution in [0.25, 0.3) is 0 Å². The largest absolute Gasteiger partial charge is 0.290 e. The lowest BCUT2D eigenvalue weighted by molar-refractivity contribution is -0.116. The Morgan fingerprint density at radius 2 is 1.96 bits per heavy atom. The summed E-state index contributed by atoms with van der Waals surface area (Å²) in [5.41, 5.74) is 1.81. The molecule has 0 N–H and O–H groups in total. The summed E-state index contributed by atoms with van der Waals surface area (Å²) in [4.78, 5) is 12.3. The molecule has 6 atom stereocenters. The van der Waals surface area contributed by atoms with Gasteiger partial charge in [0.25, 0.3) is 0 Å². The number of hydrogen-bond donors (Lipinski definition) is 0. The van der Waals surface area contributed by atoms with Crippen LogP contribution < -0.4 is 0 Å². The molecule has 0 spiro atoms. The quantitative estimate of drug-likeness (QED) is 0.597. The molecular formula is C22H32O. The van der Waals surface area contributed by atoms with Gasteiger partial charge >= 0.3 is 0 Å². The SMILES string of the molecule is C=CC(=O)C1=CC[C@H]2[C@@H]3CCC4CCCC[C@]4(C)[C@H]3CC[C@]12C. The van der Waals surface area contributed by atoms with Gasteiger partial charge in [0.05, 0.1) is 0 Å². The number of fused-ring (bicyclic) bond motifs is 5. The first-order chi connectivity index (χ1) is 11.0. The molecule has 0 heterocycles. The van der Waals surface area contributed by atoms with E-state index in [0.717, 1.165) is 29.7 Å². The van der Waals surface area contributed by atoms with E-state index < -0.39 is 0 Å². The molecule has 4 aliphatic carbocycles. The first-order valence-electron chi connectivity index (χ1n) is 9.88. The van der Waals surface area contributed by atoms with Crippen molar-refractivity contribution >= 4 is 5.78 Å².